The number of hydrogen-bond donors (Lipinski definition) is 0. The van der Waals surface area contributed by atoms with Gasteiger partial charge in [0.25, 0.3) is 5.91 Å². The molecule has 0 aliphatic carbocycles. The lowest BCUT2D eigenvalue weighted by Crippen LogP contribution is -2.44. The molecule has 1 unspecified atom stereocenters. The average molecular weight is 435 g/mol. The van der Waals surface area contributed by atoms with Crippen LogP contribution in [0.15, 0.2) is 47.8 Å². The Bertz CT molecular complexity index is 1080. The SMILES string of the molecule is CCCc1nc(-c2ccc3c(c2)N(Cc2ccc(C(C)(C)C)cc2)C(=O)C(C)O3)cs1. The number of carbonyl (C=O) groups excluding carboxylic acids is 1. The zero-order valence-electron chi connectivity index (χ0n) is 18.9. The molecule has 1 aromatic heterocycles. The van der Waals surface area contributed by atoms with Crippen molar-refractivity contribution >= 4 is 22.9 Å². The molecule has 0 saturated heterocycles. The van der Waals surface area contributed by atoms with Gasteiger partial charge in [0.15, 0.2) is 6.10 Å². The zero-order valence-corrected chi connectivity index (χ0v) is 19.8. The Hall–Kier alpha value is -2.66. The van der Waals surface area contributed by atoms with E-state index in [0.717, 1.165) is 46.1 Å². The van der Waals surface area contributed by atoms with Crippen LogP contribution in [0.3, 0.4) is 0 Å². The van der Waals surface area contributed by atoms with Gasteiger partial charge in [-0.1, -0.05) is 52.0 Å². The molecule has 0 saturated carbocycles. The number of ether oxygens (including phenoxy) is 1. The third kappa shape index (κ3) is 4.52. The van der Waals surface area contributed by atoms with Crippen LogP contribution in [0.5, 0.6) is 5.75 Å². The smallest absolute Gasteiger partial charge is 0.268 e. The lowest BCUT2D eigenvalue weighted by atomic mass is 9.86. The van der Waals surface area contributed by atoms with Crippen molar-refractivity contribution in [2.75, 3.05) is 4.90 Å². The van der Waals surface area contributed by atoms with Crippen molar-refractivity contribution in [2.45, 2.75) is 65.5 Å². The van der Waals surface area contributed by atoms with Crippen LogP contribution in [0.1, 0.15) is 57.2 Å². The second-order valence-electron chi connectivity index (χ2n) is 9.19. The van der Waals surface area contributed by atoms with Gasteiger partial charge in [-0.2, -0.15) is 0 Å². The van der Waals surface area contributed by atoms with Crippen LogP contribution in [0.4, 0.5) is 5.69 Å². The van der Waals surface area contributed by atoms with Gasteiger partial charge in [0.05, 0.1) is 22.9 Å². The van der Waals surface area contributed by atoms with Crippen LogP contribution in [0, 0.1) is 0 Å². The van der Waals surface area contributed by atoms with Crippen molar-refractivity contribution in [1.29, 1.82) is 0 Å². The number of nitrogens with zero attached hydrogens (tertiary/aromatic N) is 2. The lowest BCUT2D eigenvalue weighted by Gasteiger charge is -2.33. The minimum atomic E-state index is -0.498. The number of rotatable bonds is 5. The number of anilines is 1. The van der Waals surface area contributed by atoms with E-state index in [1.807, 2.05) is 30.0 Å². The molecule has 4 rings (SSSR count). The first-order chi connectivity index (χ1) is 14.8. The number of aromatic nitrogens is 1. The van der Waals surface area contributed by atoms with E-state index in [1.165, 1.54) is 5.56 Å². The second-order valence-corrected chi connectivity index (χ2v) is 10.1. The van der Waals surface area contributed by atoms with Crippen LogP contribution in [0.25, 0.3) is 11.3 Å². The molecule has 0 spiro atoms. The van der Waals surface area contributed by atoms with Gasteiger partial charge in [-0.25, -0.2) is 4.98 Å². The second kappa shape index (κ2) is 8.46. The van der Waals surface area contributed by atoms with Crippen molar-refractivity contribution in [3.8, 4) is 17.0 Å². The standard InChI is InChI=1S/C26H30N2O2S/c1-6-7-24-27-21(16-31-24)19-10-13-23-22(14-19)28(25(29)17(2)30-23)15-18-8-11-20(12-9-18)26(3,4)5/h8-14,16-17H,6-7,15H2,1-5H3. The van der Waals surface area contributed by atoms with Gasteiger partial charge in [0, 0.05) is 10.9 Å². The molecule has 3 aromatic rings. The minimum Gasteiger partial charge on any atom is -0.479 e. The molecule has 5 heteroatoms. The Balaban J connectivity index is 1.66. The Kier molecular flexibility index (Phi) is 5.89. The number of carbonyl (C=O) groups is 1. The molecule has 1 aliphatic heterocycles. The topological polar surface area (TPSA) is 42.4 Å². The largest absolute Gasteiger partial charge is 0.479 e. The molecule has 0 radical (unpaired) electrons. The van der Waals surface area contributed by atoms with Gasteiger partial charge in [0.1, 0.15) is 5.75 Å². The monoisotopic (exact) mass is 434 g/mol. The summed E-state index contributed by atoms with van der Waals surface area (Å²) in [6, 6.07) is 14.6. The number of benzene rings is 2. The van der Waals surface area contributed by atoms with Crippen molar-refractivity contribution in [1.82, 2.24) is 4.98 Å². The number of aryl methyl sites for hydroxylation is 1. The molecule has 0 N–H and O–H groups in total. The predicted molar refractivity (Wildman–Crippen MR) is 128 cm³/mol. The van der Waals surface area contributed by atoms with Crippen molar-refractivity contribution in [2.24, 2.45) is 0 Å². The summed E-state index contributed by atoms with van der Waals surface area (Å²) in [5.41, 5.74) is 5.27. The van der Waals surface area contributed by atoms with E-state index >= 15 is 0 Å². The Morgan fingerprint density at radius 1 is 1.13 bits per heavy atom. The summed E-state index contributed by atoms with van der Waals surface area (Å²) in [5, 5.41) is 3.24. The molecule has 2 heterocycles. The van der Waals surface area contributed by atoms with E-state index in [9.17, 15) is 4.79 Å². The molecule has 0 fully saturated rings. The van der Waals surface area contributed by atoms with Gasteiger partial charge in [-0.3, -0.25) is 4.79 Å². The quantitative estimate of drug-likeness (QED) is 0.468. The van der Waals surface area contributed by atoms with Crippen molar-refractivity contribution in [3.63, 3.8) is 0 Å². The van der Waals surface area contributed by atoms with Crippen molar-refractivity contribution < 1.29 is 9.53 Å². The van der Waals surface area contributed by atoms with E-state index in [2.05, 4.69) is 57.3 Å². The molecular weight excluding hydrogens is 404 g/mol. The normalized spacial score (nSPS) is 16.2. The minimum absolute atomic E-state index is 0.0190. The average Bonchev–Trinajstić information content (AvgIpc) is 3.20. The summed E-state index contributed by atoms with van der Waals surface area (Å²) < 4.78 is 5.90. The van der Waals surface area contributed by atoms with Gasteiger partial charge in [0.2, 0.25) is 0 Å². The Morgan fingerprint density at radius 2 is 1.87 bits per heavy atom. The summed E-state index contributed by atoms with van der Waals surface area (Å²) in [6.45, 7) is 11.1. The van der Waals surface area contributed by atoms with Crippen LogP contribution in [-0.4, -0.2) is 17.0 Å². The summed E-state index contributed by atoms with van der Waals surface area (Å²) >= 11 is 1.69. The fourth-order valence-corrected chi connectivity index (χ4v) is 4.70. The lowest BCUT2D eigenvalue weighted by molar-refractivity contribution is -0.125. The molecule has 0 bridgehead atoms. The summed E-state index contributed by atoms with van der Waals surface area (Å²) in [7, 11) is 0. The molecule has 1 aliphatic rings. The maximum atomic E-state index is 13.0. The fraction of sp³-hybridized carbons (Fsp3) is 0.385. The number of amides is 1. The van der Waals surface area contributed by atoms with E-state index < -0.39 is 6.10 Å². The van der Waals surface area contributed by atoms with E-state index in [-0.39, 0.29) is 11.3 Å². The first kappa shape index (κ1) is 21.6. The first-order valence-electron chi connectivity index (χ1n) is 10.9. The fourth-order valence-electron chi connectivity index (χ4n) is 3.79. The summed E-state index contributed by atoms with van der Waals surface area (Å²) in [4.78, 5) is 19.7. The molecule has 1 amide bonds. The Labute approximate surface area is 188 Å². The van der Waals surface area contributed by atoms with Crippen LogP contribution in [-0.2, 0) is 23.2 Å². The third-order valence-corrected chi connectivity index (χ3v) is 6.55. The van der Waals surface area contributed by atoms with Crippen LogP contribution in [0.2, 0.25) is 0 Å². The van der Waals surface area contributed by atoms with E-state index in [4.69, 9.17) is 9.72 Å². The highest BCUT2D eigenvalue weighted by molar-refractivity contribution is 7.09. The van der Waals surface area contributed by atoms with Crippen LogP contribution < -0.4 is 9.64 Å². The molecule has 4 nitrogen and oxygen atoms in total. The molecule has 162 valence electrons. The number of fused-ring (bicyclic) bond motifs is 1. The summed E-state index contributed by atoms with van der Waals surface area (Å²) in [6.07, 6.45) is 1.58. The van der Waals surface area contributed by atoms with Gasteiger partial charge >= 0.3 is 0 Å². The molecule has 2 aromatic carbocycles. The first-order valence-corrected chi connectivity index (χ1v) is 11.8. The van der Waals surface area contributed by atoms with Crippen molar-refractivity contribution in [3.05, 3.63) is 64.0 Å². The molecule has 1 atom stereocenters. The van der Waals surface area contributed by atoms with E-state index in [1.54, 1.807) is 11.3 Å². The van der Waals surface area contributed by atoms with E-state index in [0.29, 0.717) is 6.54 Å². The highest BCUT2D eigenvalue weighted by Crippen LogP contribution is 2.38. The Morgan fingerprint density at radius 3 is 2.55 bits per heavy atom. The van der Waals surface area contributed by atoms with Gasteiger partial charge in [-0.05, 0) is 54.5 Å². The summed E-state index contributed by atoms with van der Waals surface area (Å²) in [5.74, 6) is 0.723. The maximum Gasteiger partial charge on any atom is 0.268 e. The maximum absolute atomic E-state index is 13.0. The zero-order chi connectivity index (χ0) is 22.2. The number of thiazole rings is 1. The molecule has 31 heavy (non-hydrogen) atoms. The third-order valence-electron chi connectivity index (χ3n) is 5.64. The van der Waals surface area contributed by atoms with Gasteiger partial charge < -0.3 is 9.64 Å². The molecular formula is C26H30N2O2S. The van der Waals surface area contributed by atoms with Gasteiger partial charge in [-0.15, -0.1) is 11.3 Å². The highest BCUT2D eigenvalue weighted by Gasteiger charge is 2.32. The number of hydrogen-bond acceptors (Lipinski definition) is 4. The predicted octanol–water partition coefficient (Wildman–Crippen LogP) is 6.37. The van der Waals surface area contributed by atoms with Crippen LogP contribution >= 0.6 is 11.3 Å². The highest BCUT2D eigenvalue weighted by atomic mass is 32.1.